The fourth-order valence-corrected chi connectivity index (χ4v) is 3.92. The van der Waals surface area contributed by atoms with Gasteiger partial charge < -0.3 is 15.0 Å². The molecule has 3 rings (SSSR count). The topological polar surface area (TPSA) is 86.8 Å². The summed E-state index contributed by atoms with van der Waals surface area (Å²) >= 11 is 0. The molecule has 1 atom stereocenters. The maximum Gasteiger partial charge on any atom is 0.150 e. The zero-order chi connectivity index (χ0) is 19.8. The van der Waals surface area contributed by atoms with Gasteiger partial charge in [0.25, 0.3) is 0 Å². The summed E-state index contributed by atoms with van der Waals surface area (Å²) in [6, 6.07) is 4.61. The van der Waals surface area contributed by atoms with Gasteiger partial charge in [-0.15, -0.1) is 0 Å². The molecule has 2 aromatic rings. The van der Waals surface area contributed by atoms with Crippen molar-refractivity contribution in [3.8, 4) is 6.07 Å². The lowest BCUT2D eigenvalue weighted by Crippen LogP contribution is -2.45. The third-order valence-corrected chi connectivity index (χ3v) is 6.29. The van der Waals surface area contributed by atoms with E-state index < -0.39 is 5.50 Å². The number of imidazole rings is 1. The van der Waals surface area contributed by atoms with E-state index >= 15 is 0 Å². The Morgan fingerprint density at radius 3 is 2.52 bits per heavy atom. The minimum Gasteiger partial charge on any atom is -0.393 e. The van der Waals surface area contributed by atoms with Gasteiger partial charge in [0, 0.05) is 25.6 Å². The first kappa shape index (κ1) is 19.9. The first-order valence-electron chi connectivity index (χ1n) is 9.84. The molecule has 1 unspecified atom stereocenters. The molecule has 10 heteroatoms. The maximum atomic E-state index is 11.4. The molecule has 0 spiro atoms. The highest BCUT2D eigenvalue weighted by Gasteiger charge is 2.42. The quantitative estimate of drug-likeness (QED) is 0.659. The summed E-state index contributed by atoms with van der Waals surface area (Å²) in [7, 11) is 9.83. The third kappa shape index (κ3) is 3.62. The molecule has 1 aliphatic rings. The Kier molecular flexibility index (Phi) is 5.35. The lowest BCUT2D eigenvalue weighted by molar-refractivity contribution is 0.110. The monoisotopic (exact) mass is 361 g/mol. The Labute approximate surface area is 164 Å². The summed E-state index contributed by atoms with van der Waals surface area (Å²) in [5.41, 5.74) is 0.750. The van der Waals surface area contributed by atoms with E-state index in [1.165, 1.54) is 0 Å². The van der Waals surface area contributed by atoms with Crippen LogP contribution in [0, 0.1) is 17.2 Å². The summed E-state index contributed by atoms with van der Waals surface area (Å²) in [6.07, 6.45) is 6.50. The van der Waals surface area contributed by atoms with Crippen molar-refractivity contribution in [1.82, 2.24) is 14.5 Å². The number of pyridine rings is 1. The number of hydrogen-bond donors (Lipinski definition) is 2. The highest BCUT2D eigenvalue weighted by atomic mass is 16.3. The van der Waals surface area contributed by atoms with Crippen LogP contribution in [0.3, 0.4) is 0 Å². The molecule has 27 heavy (non-hydrogen) atoms. The Morgan fingerprint density at radius 1 is 1.30 bits per heavy atom. The Balaban J connectivity index is 2.11. The van der Waals surface area contributed by atoms with Crippen molar-refractivity contribution in [1.29, 1.82) is 5.26 Å². The number of nitrogens with one attached hydrogen (secondary N) is 1. The number of fused-ring (bicyclic) bond motifs is 1. The molecule has 2 heterocycles. The lowest BCUT2D eigenvalue weighted by atomic mass is 9.32. The Hall–Kier alpha value is -1.87. The van der Waals surface area contributed by atoms with Crippen molar-refractivity contribution < 1.29 is 5.11 Å². The second-order valence-electron chi connectivity index (χ2n) is 8.97. The predicted molar refractivity (Wildman–Crippen MR) is 119 cm³/mol. The molecule has 2 N–H and O–H groups in total. The van der Waals surface area contributed by atoms with Crippen molar-refractivity contribution in [2.45, 2.75) is 48.8 Å². The van der Waals surface area contributed by atoms with Crippen LogP contribution in [0.2, 0.25) is 5.11 Å². The van der Waals surface area contributed by atoms with Gasteiger partial charge in [0.15, 0.2) is 7.85 Å². The van der Waals surface area contributed by atoms with Crippen LogP contribution in [-0.2, 0) is 5.50 Å². The number of hydrogen-bond acceptors (Lipinski definition) is 5. The van der Waals surface area contributed by atoms with Gasteiger partial charge in [-0.05, 0) is 31.6 Å². The number of nitriles is 1. The normalized spacial score (nSPS) is 22.9. The van der Waals surface area contributed by atoms with Crippen LogP contribution in [-0.4, -0.2) is 58.1 Å². The van der Waals surface area contributed by atoms with Crippen LogP contribution in [0.4, 0.5) is 5.82 Å². The molecule has 0 aromatic carbocycles. The van der Waals surface area contributed by atoms with Crippen molar-refractivity contribution in [2.75, 3.05) is 12.4 Å². The molecular weight excluding hydrogens is 333 g/mol. The molecule has 2 aromatic heterocycles. The summed E-state index contributed by atoms with van der Waals surface area (Å²) in [5, 5.41) is 23.2. The molecule has 138 valence electrons. The van der Waals surface area contributed by atoms with Gasteiger partial charge in [-0.2, -0.15) is 5.26 Å². The molecule has 1 aliphatic carbocycles. The van der Waals surface area contributed by atoms with E-state index in [4.69, 9.17) is 10.2 Å². The SMILES string of the molecule is BC(B)(B)C(B)(O)c1nc2cnc(NC)cc2n1[C@H]1CC[C@H](CC#N)CC1. The van der Waals surface area contributed by atoms with Crippen LogP contribution >= 0.6 is 0 Å². The fraction of sp³-hybridized carbons (Fsp3) is 0.588. The Morgan fingerprint density at radius 2 is 1.96 bits per heavy atom. The van der Waals surface area contributed by atoms with Crippen molar-refractivity contribution in [2.24, 2.45) is 5.92 Å². The molecule has 0 radical (unpaired) electrons. The lowest BCUT2D eigenvalue weighted by Gasteiger charge is -2.39. The highest BCUT2D eigenvalue weighted by Crippen LogP contribution is 2.42. The third-order valence-electron chi connectivity index (χ3n) is 6.29. The molecule has 0 bridgehead atoms. The van der Waals surface area contributed by atoms with E-state index in [-0.39, 0.29) is 11.2 Å². The van der Waals surface area contributed by atoms with E-state index in [0.717, 1.165) is 42.5 Å². The number of aliphatic hydroxyl groups is 1. The second kappa shape index (κ2) is 7.27. The van der Waals surface area contributed by atoms with Gasteiger partial charge in [-0.3, -0.25) is 0 Å². The standard InChI is InChI=1S/C17H27B4N5O/c1-23-14-8-13-12(9-24-14)25-15(16(18,27)17(19,20)21)26(13)11-4-2-10(3-5-11)6-7-22/h8-11,27H,2-6,18-21H2,1H3,(H,23,24)/t10-,11-,16?. The van der Waals surface area contributed by atoms with Gasteiger partial charge in [-0.25, -0.2) is 9.97 Å². The second-order valence-corrected chi connectivity index (χ2v) is 8.97. The minimum atomic E-state index is -1.07. The van der Waals surface area contributed by atoms with E-state index in [1.54, 1.807) is 6.20 Å². The van der Waals surface area contributed by atoms with Crippen molar-refractivity contribution >= 4 is 48.2 Å². The predicted octanol–water partition coefficient (Wildman–Crippen LogP) is -1.13. The molecule has 6 nitrogen and oxygen atoms in total. The number of rotatable bonds is 5. The highest BCUT2D eigenvalue weighted by molar-refractivity contribution is 6.62. The van der Waals surface area contributed by atoms with Crippen LogP contribution in [0.15, 0.2) is 12.3 Å². The average molecular weight is 361 g/mol. The van der Waals surface area contributed by atoms with Gasteiger partial charge in [0.05, 0.1) is 46.8 Å². The van der Waals surface area contributed by atoms with Crippen LogP contribution in [0.25, 0.3) is 11.0 Å². The van der Waals surface area contributed by atoms with Gasteiger partial charge in [0.1, 0.15) is 17.2 Å². The van der Waals surface area contributed by atoms with E-state index in [1.807, 2.05) is 44.5 Å². The molecule has 1 saturated carbocycles. The summed E-state index contributed by atoms with van der Waals surface area (Å²) in [5.74, 6) is 2.00. The molecule has 0 saturated heterocycles. The Bertz CT molecular complexity index is 863. The molecule has 0 amide bonds. The van der Waals surface area contributed by atoms with Crippen molar-refractivity contribution in [3.05, 3.63) is 18.1 Å². The summed E-state index contributed by atoms with van der Waals surface area (Å²) in [4.78, 5) is 9.23. The van der Waals surface area contributed by atoms with E-state index in [0.29, 0.717) is 18.2 Å². The zero-order valence-corrected chi connectivity index (χ0v) is 17.1. The minimum absolute atomic E-state index is 0.279. The molecule has 1 fully saturated rings. The largest absolute Gasteiger partial charge is 0.393 e. The van der Waals surface area contributed by atoms with Crippen LogP contribution in [0.1, 0.15) is 44.0 Å². The zero-order valence-electron chi connectivity index (χ0n) is 17.1. The number of anilines is 1. The number of nitrogens with zero attached hydrogens (tertiary/aromatic N) is 4. The molecular formula is C17H27B4N5O. The van der Waals surface area contributed by atoms with Crippen LogP contribution in [0.5, 0.6) is 0 Å². The maximum absolute atomic E-state index is 11.4. The average Bonchev–Trinajstić information content (AvgIpc) is 3.01. The van der Waals surface area contributed by atoms with Gasteiger partial charge in [-0.1, -0.05) is 5.11 Å². The molecule has 0 aliphatic heterocycles. The van der Waals surface area contributed by atoms with Gasteiger partial charge >= 0.3 is 0 Å². The summed E-state index contributed by atoms with van der Waals surface area (Å²) in [6.45, 7) is 0. The van der Waals surface area contributed by atoms with Crippen molar-refractivity contribution in [3.63, 3.8) is 0 Å². The fourth-order valence-electron chi connectivity index (χ4n) is 3.92. The van der Waals surface area contributed by atoms with Gasteiger partial charge in [0.2, 0.25) is 0 Å². The first-order valence-corrected chi connectivity index (χ1v) is 9.84. The smallest absolute Gasteiger partial charge is 0.150 e. The first-order chi connectivity index (χ1) is 12.7. The summed E-state index contributed by atoms with van der Waals surface area (Å²) < 4.78 is 2.24. The number of aromatic nitrogens is 3. The van der Waals surface area contributed by atoms with E-state index in [2.05, 4.69) is 20.9 Å². The van der Waals surface area contributed by atoms with E-state index in [9.17, 15) is 5.11 Å². The van der Waals surface area contributed by atoms with Crippen LogP contribution < -0.4 is 5.32 Å².